The van der Waals surface area contributed by atoms with E-state index < -0.39 is 0 Å². The third-order valence-corrected chi connectivity index (χ3v) is 3.83. The predicted octanol–water partition coefficient (Wildman–Crippen LogP) is 2.69. The van der Waals surface area contributed by atoms with Crippen molar-refractivity contribution < 1.29 is 0 Å². The van der Waals surface area contributed by atoms with Gasteiger partial charge in [-0.05, 0) is 43.9 Å². The molecule has 2 aliphatic rings. The molecule has 0 saturated heterocycles. The summed E-state index contributed by atoms with van der Waals surface area (Å²) in [5.74, 6) is 1.82. The first kappa shape index (κ1) is 8.55. The van der Waals surface area contributed by atoms with E-state index in [0.717, 1.165) is 11.8 Å². The molecule has 0 aliphatic heterocycles. The fraction of sp³-hybridized carbons (Fsp3) is 1.00. The molecule has 0 radical (unpaired) electrons. The average Bonchev–Trinajstić information content (AvgIpc) is 2.80. The van der Waals surface area contributed by atoms with Gasteiger partial charge in [0.15, 0.2) is 0 Å². The molecule has 0 bridgehead atoms. The molecule has 0 aromatic carbocycles. The first-order valence-electron chi connectivity index (χ1n) is 5.49. The van der Waals surface area contributed by atoms with Gasteiger partial charge in [0.05, 0.1) is 0 Å². The first-order chi connectivity index (χ1) is 5.71. The molecule has 2 unspecified atom stereocenters. The zero-order valence-electron chi connectivity index (χ0n) is 8.18. The highest BCUT2D eigenvalue weighted by Crippen LogP contribution is 2.45. The van der Waals surface area contributed by atoms with Crippen LogP contribution in [0.1, 0.15) is 51.9 Å². The lowest BCUT2D eigenvalue weighted by molar-refractivity contribution is 0.320. The van der Waals surface area contributed by atoms with Gasteiger partial charge in [0.1, 0.15) is 0 Å². The van der Waals surface area contributed by atoms with Crippen molar-refractivity contribution in [2.24, 2.45) is 17.6 Å². The van der Waals surface area contributed by atoms with Gasteiger partial charge in [-0.15, -0.1) is 0 Å². The lowest BCUT2D eigenvalue weighted by Gasteiger charge is -2.27. The molecule has 0 amide bonds. The molecule has 2 atom stereocenters. The largest absolute Gasteiger partial charge is 0.325 e. The van der Waals surface area contributed by atoms with Gasteiger partial charge in [0.2, 0.25) is 0 Å². The van der Waals surface area contributed by atoms with E-state index in [9.17, 15) is 0 Å². The second-order valence-electron chi connectivity index (χ2n) is 5.04. The second-order valence-corrected chi connectivity index (χ2v) is 5.04. The molecule has 0 spiro atoms. The zero-order chi connectivity index (χ0) is 8.60. The maximum absolute atomic E-state index is 6.43. The number of nitrogens with two attached hydrogens (primary N) is 1. The van der Waals surface area contributed by atoms with Gasteiger partial charge in [0, 0.05) is 5.54 Å². The molecular weight excluding hydrogens is 146 g/mol. The summed E-state index contributed by atoms with van der Waals surface area (Å²) in [4.78, 5) is 0. The van der Waals surface area contributed by atoms with Crippen LogP contribution in [0.4, 0.5) is 0 Å². The van der Waals surface area contributed by atoms with Crippen LogP contribution in [0.3, 0.4) is 0 Å². The molecule has 2 aliphatic carbocycles. The first-order valence-corrected chi connectivity index (χ1v) is 5.49. The predicted molar refractivity (Wildman–Crippen MR) is 51.9 cm³/mol. The van der Waals surface area contributed by atoms with E-state index in [0.29, 0.717) is 0 Å². The molecule has 12 heavy (non-hydrogen) atoms. The SMILES string of the molecule is CC1CCCC(N)(C2CC2)CC1. The van der Waals surface area contributed by atoms with Crippen LogP contribution >= 0.6 is 0 Å². The van der Waals surface area contributed by atoms with E-state index in [1.165, 1.54) is 44.9 Å². The molecule has 2 fully saturated rings. The molecule has 1 nitrogen and oxygen atoms in total. The monoisotopic (exact) mass is 167 g/mol. The molecule has 2 saturated carbocycles. The zero-order valence-corrected chi connectivity index (χ0v) is 8.18. The lowest BCUT2D eigenvalue weighted by atomic mass is 9.86. The van der Waals surface area contributed by atoms with Crippen LogP contribution in [0.15, 0.2) is 0 Å². The number of hydrogen-bond donors (Lipinski definition) is 1. The minimum atomic E-state index is 0.255. The van der Waals surface area contributed by atoms with E-state index in [4.69, 9.17) is 5.73 Å². The van der Waals surface area contributed by atoms with Crippen LogP contribution in [-0.2, 0) is 0 Å². The molecule has 70 valence electrons. The third kappa shape index (κ3) is 1.66. The summed E-state index contributed by atoms with van der Waals surface area (Å²) < 4.78 is 0. The van der Waals surface area contributed by atoms with Crippen molar-refractivity contribution in [3.8, 4) is 0 Å². The fourth-order valence-electron chi connectivity index (χ4n) is 2.63. The highest BCUT2D eigenvalue weighted by atomic mass is 14.8. The van der Waals surface area contributed by atoms with Gasteiger partial charge in [0.25, 0.3) is 0 Å². The Bertz CT molecular complexity index is 162. The average molecular weight is 167 g/mol. The third-order valence-electron chi connectivity index (χ3n) is 3.83. The Kier molecular flexibility index (Phi) is 2.16. The standard InChI is InChI=1S/C11H21N/c1-9-3-2-7-11(12,8-6-9)10-4-5-10/h9-10H,2-8,12H2,1H3. The van der Waals surface area contributed by atoms with Gasteiger partial charge in [-0.2, -0.15) is 0 Å². The normalized spacial score (nSPS) is 44.0. The van der Waals surface area contributed by atoms with Crippen LogP contribution in [-0.4, -0.2) is 5.54 Å². The van der Waals surface area contributed by atoms with Crippen LogP contribution in [0, 0.1) is 11.8 Å². The fourth-order valence-corrected chi connectivity index (χ4v) is 2.63. The summed E-state index contributed by atoms with van der Waals surface area (Å²) in [6.07, 6.45) is 9.55. The minimum absolute atomic E-state index is 0.255. The topological polar surface area (TPSA) is 26.0 Å². The van der Waals surface area contributed by atoms with Crippen molar-refractivity contribution in [2.75, 3.05) is 0 Å². The Morgan fingerprint density at radius 3 is 2.50 bits per heavy atom. The summed E-state index contributed by atoms with van der Waals surface area (Å²) in [6.45, 7) is 2.37. The van der Waals surface area contributed by atoms with Crippen LogP contribution in [0.2, 0.25) is 0 Å². The number of rotatable bonds is 1. The molecule has 2 rings (SSSR count). The molecular formula is C11H21N. The summed E-state index contributed by atoms with van der Waals surface area (Å²) in [5.41, 5.74) is 6.68. The van der Waals surface area contributed by atoms with Crippen molar-refractivity contribution in [1.82, 2.24) is 0 Å². The maximum Gasteiger partial charge on any atom is 0.0182 e. The molecule has 0 aromatic heterocycles. The quantitative estimate of drug-likeness (QED) is 0.597. The summed E-state index contributed by atoms with van der Waals surface area (Å²) in [5, 5.41) is 0. The number of hydrogen-bond acceptors (Lipinski definition) is 1. The minimum Gasteiger partial charge on any atom is -0.325 e. The summed E-state index contributed by atoms with van der Waals surface area (Å²) >= 11 is 0. The van der Waals surface area contributed by atoms with E-state index in [2.05, 4.69) is 6.92 Å². The van der Waals surface area contributed by atoms with Crippen LogP contribution < -0.4 is 5.73 Å². The summed E-state index contributed by atoms with van der Waals surface area (Å²) in [7, 11) is 0. The maximum atomic E-state index is 6.43. The van der Waals surface area contributed by atoms with Crippen LogP contribution in [0.25, 0.3) is 0 Å². The van der Waals surface area contributed by atoms with Crippen molar-refractivity contribution in [3.63, 3.8) is 0 Å². The Morgan fingerprint density at radius 2 is 1.83 bits per heavy atom. The van der Waals surface area contributed by atoms with Gasteiger partial charge in [-0.25, -0.2) is 0 Å². The summed E-state index contributed by atoms with van der Waals surface area (Å²) in [6, 6.07) is 0. The second kappa shape index (κ2) is 3.02. The Morgan fingerprint density at radius 1 is 1.08 bits per heavy atom. The molecule has 2 N–H and O–H groups in total. The lowest BCUT2D eigenvalue weighted by Crippen LogP contribution is -2.41. The van der Waals surface area contributed by atoms with Gasteiger partial charge in [-0.1, -0.05) is 19.8 Å². The van der Waals surface area contributed by atoms with E-state index in [1.54, 1.807) is 0 Å². The molecule has 0 heterocycles. The van der Waals surface area contributed by atoms with E-state index in [1.807, 2.05) is 0 Å². The van der Waals surface area contributed by atoms with Gasteiger partial charge >= 0.3 is 0 Å². The van der Waals surface area contributed by atoms with Crippen molar-refractivity contribution in [2.45, 2.75) is 57.4 Å². The highest BCUT2D eigenvalue weighted by molar-refractivity contribution is 4.99. The Balaban J connectivity index is 1.96. The van der Waals surface area contributed by atoms with Gasteiger partial charge in [-0.3, -0.25) is 0 Å². The molecule has 1 heteroatoms. The van der Waals surface area contributed by atoms with Crippen molar-refractivity contribution in [1.29, 1.82) is 0 Å². The van der Waals surface area contributed by atoms with Crippen LogP contribution in [0.5, 0.6) is 0 Å². The smallest absolute Gasteiger partial charge is 0.0182 e. The highest BCUT2D eigenvalue weighted by Gasteiger charge is 2.42. The Hall–Kier alpha value is -0.0400. The van der Waals surface area contributed by atoms with E-state index >= 15 is 0 Å². The Labute approximate surface area is 75.7 Å². The van der Waals surface area contributed by atoms with Gasteiger partial charge < -0.3 is 5.73 Å². The van der Waals surface area contributed by atoms with Crippen molar-refractivity contribution in [3.05, 3.63) is 0 Å². The van der Waals surface area contributed by atoms with E-state index in [-0.39, 0.29) is 5.54 Å². The van der Waals surface area contributed by atoms with Crippen molar-refractivity contribution >= 4 is 0 Å². The molecule has 0 aromatic rings.